The Bertz CT molecular complexity index is 742. The summed E-state index contributed by atoms with van der Waals surface area (Å²) >= 11 is 2.29. The molecule has 0 unspecified atom stereocenters. The molecule has 1 fully saturated rings. The fraction of sp³-hybridized carbons (Fsp3) is 0.556. The number of halogens is 1. The van der Waals surface area contributed by atoms with E-state index >= 15 is 0 Å². The minimum Gasteiger partial charge on any atom is -0.444 e. The molecule has 0 saturated heterocycles. The Kier molecular flexibility index (Phi) is 4.77. The average molecular weight is 441 g/mol. The molecule has 1 aromatic heterocycles. The number of carbonyl (C=O) groups excluding carboxylic acids is 1. The molecule has 0 aliphatic heterocycles. The lowest BCUT2D eigenvalue weighted by Gasteiger charge is -2.36. The highest BCUT2D eigenvalue weighted by Gasteiger charge is 2.39. The molecule has 1 heterocycles. The lowest BCUT2D eigenvalue weighted by atomic mass is 9.81. The Morgan fingerprint density at radius 2 is 2.00 bits per heavy atom. The van der Waals surface area contributed by atoms with E-state index in [2.05, 4.69) is 39.0 Å². The van der Waals surface area contributed by atoms with Crippen LogP contribution in [0.15, 0.2) is 18.2 Å². The van der Waals surface area contributed by atoms with Crippen LogP contribution in [0.5, 0.6) is 0 Å². The van der Waals surface area contributed by atoms with Crippen molar-refractivity contribution in [2.24, 2.45) is 0 Å². The Labute approximate surface area is 156 Å². The minimum atomic E-state index is -0.510. The van der Waals surface area contributed by atoms with Crippen LogP contribution in [0.2, 0.25) is 0 Å². The number of imidazole rings is 1. The maximum atomic E-state index is 12.4. The van der Waals surface area contributed by atoms with Crippen LogP contribution < -0.4 is 5.32 Å². The van der Waals surface area contributed by atoms with Crippen molar-refractivity contribution in [3.05, 3.63) is 27.6 Å². The standard InChI is InChI=1S/C18H24IN3O2/c1-17(2,3)24-16(23)22-18(9-5-4-6-10-18)15-20-13-8-7-12(19)11-14(13)21-15/h7-8,11H,4-6,9-10H2,1-3H3,(H,20,21)(H,22,23). The molecule has 2 N–H and O–H groups in total. The monoisotopic (exact) mass is 441 g/mol. The summed E-state index contributed by atoms with van der Waals surface area (Å²) in [4.78, 5) is 20.6. The Hall–Kier alpha value is -1.31. The van der Waals surface area contributed by atoms with Crippen LogP contribution in [-0.4, -0.2) is 21.7 Å². The molecule has 0 atom stereocenters. The Balaban J connectivity index is 1.93. The molecular weight excluding hydrogens is 417 g/mol. The van der Waals surface area contributed by atoms with Gasteiger partial charge in [-0.15, -0.1) is 0 Å². The summed E-state index contributed by atoms with van der Waals surface area (Å²) in [6, 6.07) is 6.14. The largest absolute Gasteiger partial charge is 0.444 e. The van der Waals surface area contributed by atoms with Gasteiger partial charge in [0.2, 0.25) is 0 Å². The van der Waals surface area contributed by atoms with Gasteiger partial charge >= 0.3 is 6.09 Å². The van der Waals surface area contributed by atoms with Crippen molar-refractivity contribution >= 4 is 39.7 Å². The molecular formula is C18H24IN3O2. The Morgan fingerprint density at radius 3 is 2.67 bits per heavy atom. The van der Waals surface area contributed by atoms with Crippen molar-refractivity contribution in [3.8, 4) is 0 Å². The lowest BCUT2D eigenvalue weighted by Crippen LogP contribution is -2.49. The topological polar surface area (TPSA) is 67.0 Å². The van der Waals surface area contributed by atoms with Gasteiger partial charge in [0.25, 0.3) is 0 Å². The molecule has 1 aliphatic carbocycles. The minimum absolute atomic E-state index is 0.376. The first-order valence-corrected chi connectivity index (χ1v) is 9.52. The predicted octanol–water partition coefficient (Wildman–Crippen LogP) is 4.85. The number of benzene rings is 1. The van der Waals surface area contributed by atoms with Crippen molar-refractivity contribution in [3.63, 3.8) is 0 Å². The van der Waals surface area contributed by atoms with Gasteiger partial charge in [-0.05, 0) is 74.4 Å². The molecule has 0 spiro atoms. The number of amides is 1. The number of rotatable bonds is 2. The molecule has 0 radical (unpaired) electrons. The summed E-state index contributed by atoms with van der Waals surface area (Å²) in [5.74, 6) is 0.838. The maximum Gasteiger partial charge on any atom is 0.408 e. The second kappa shape index (κ2) is 6.54. The van der Waals surface area contributed by atoms with Crippen molar-refractivity contribution in [2.75, 3.05) is 0 Å². The van der Waals surface area contributed by atoms with E-state index in [-0.39, 0.29) is 6.09 Å². The van der Waals surface area contributed by atoms with Gasteiger partial charge in [-0.1, -0.05) is 19.3 Å². The smallest absolute Gasteiger partial charge is 0.408 e. The number of fused-ring (bicyclic) bond motifs is 1. The molecule has 24 heavy (non-hydrogen) atoms. The van der Waals surface area contributed by atoms with Gasteiger partial charge in [-0.25, -0.2) is 9.78 Å². The zero-order valence-corrected chi connectivity index (χ0v) is 16.6. The summed E-state index contributed by atoms with van der Waals surface area (Å²) < 4.78 is 6.65. The van der Waals surface area contributed by atoms with Gasteiger partial charge in [-0.3, -0.25) is 0 Å². The van der Waals surface area contributed by atoms with E-state index in [9.17, 15) is 4.79 Å². The summed E-state index contributed by atoms with van der Waals surface area (Å²) in [6.07, 6.45) is 4.72. The summed E-state index contributed by atoms with van der Waals surface area (Å²) in [6.45, 7) is 5.63. The lowest BCUT2D eigenvalue weighted by molar-refractivity contribution is 0.0413. The number of nitrogens with zero attached hydrogens (tertiary/aromatic N) is 1. The highest BCUT2D eigenvalue weighted by Crippen LogP contribution is 2.37. The SMILES string of the molecule is CC(C)(C)OC(=O)NC1(c2nc3ccc(I)cc3[nH]2)CCCCC1. The number of aromatic amines is 1. The number of H-pyrrole nitrogens is 1. The molecule has 130 valence electrons. The third kappa shape index (κ3) is 3.84. The summed E-state index contributed by atoms with van der Waals surface area (Å²) in [5.41, 5.74) is 0.962. The number of carbonyl (C=O) groups is 1. The number of nitrogens with one attached hydrogen (secondary N) is 2. The van der Waals surface area contributed by atoms with E-state index in [4.69, 9.17) is 9.72 Å². The van der Waals surface area contributed by atoms with Crippen LogP contribution >= 0.6 is 22.6 Å². The van der Waals surface area contributed by atoms with Gasteiger partial charge in [0.1, 0.15) is 17.0 Å². The van der Waals surface area contributed by atoms with Gasteiger partial charge in [0.15, 0.2) is 0 Å². The highest BCUT2D eigenvalue weighted by molar-refractivity contribution is 14.1. The van der Waals surface area contributed by atoms with Gasteiger partial charge in [0.05, 0.1) is 11.0 Å². The van der Waals surface area contributed by atoms with Crippen LogP contribution in [0.4, 0.5) is 4.79 Å². The molecule has 1 amide bonds. The zero-order chi connectivity index (χ0) is 17.4. The van der Waals surface area contributed by atoms with Crippen molar-refractivity contribution in [1.82, 2.24) is 15.3 Å². The first-order valence-electron chi connectivity index (χ1n) is 8.44. The van der Waals surface area contributed by atoms with E-state index in [0.717, 1.165) is 46.1 Å². The first-order chi connectivity index (χ1) is 11.3. The zero-order valence-electron chi connectivity index (χ0n) is 14.4. The molecule has 5 nitrogen and oxygen atoms in total. The second-order valence-corrected chi connectivity index (χ2v) is 8.76. The van der Waals surface area contributed by atoms with Crippen LogP contribution in [0.3, 0.4) is 0 Å². The molecule has 0 bridgehead atoms. The normalized spacial score (nSPS) is 17.7. The van der Waals surface area contributed by atoms with E-state index < -0.39 is 11.1 Å². The van der Waals surface area contributed by atoms with Crippen molar-refractivity contribution in [1.29, 1.82) is 0 Å². The number of hydrogen-bond donors (Lipinski definition) is 2. The molecule has 1 saturated carbocycles. The van der Waals surface area contributed by atoms with Gasteiger partial charge in [-0.2, -0.15) is 0 Å². The molecule has 3 rings (SSSR count). The van der Waals surface area contributed by atoms with Crippen LogP contribution in [0, 0.1) is 3.57 Å². The number of hydrogen-bond acceptors (Lipinski definition) is 3. The Morgan fingerprint density at radius 1 is 1.29 bits per heavy atom. The third-order valence-corrected chi connectivity index (χ3v) is 5.02. The van der Waals surface area contributed by atoms with E-state index in [1.54, 1.807) is 0 Å². The number of alkyl carbamates (subject to hydrolysis) is 1. The van der Waals surface area contributed by atoms with E-state index in [1.807, 2.05) is 32.9 Å². The third-order valence-electron chi connectivity index (χ3n) is 4.34. The van der Waals surface area contributed by atoms with Gasteiger partial charge in [0, 0.05) is 3.57 Å². The second-order valence-electron chi connectivity index (χ2n) is 7.52. The highest BCUT2D eigenvalue weighted by atomic mass is 127. The van der Waals surface area contributed by atoms with Gasteiger partial charge < -0.3 is 15.0 Å². The molecule has 1 aromatic carbocycles. The van der Waals surface area contributed by atoms with Crippen molar-refractivity contribution in [2.45, 2.75) is 64.0 Å². The number of ether oxygens (including phenoxy) is 1. The van der Waals surface area contributed by atoms with Crippen LogP contribution in [-0.2, 0) is 10.3 Å². The first kappa shape index (κ1) is 17.5. The molecule has 2 aromatic rings. The van der Waals surface area contributed by atoms with Crippen LogP contribution in [0.1, 0.15) is 58.7 Å². The summed E-state index contributed by atoms with van der Waals surface area (Å²) in [7, 11) is 0. The predicted molar refractivity (Wildman–Crippen MR) is 103 cm³/mol. The molecule has 1 aliphatic rings. The maximum absolute atomic E-state index is 12.4. The fourth-order valence-electron chi connectivity index (χ4n) is 3.28. The quantitative estimate of drug-likeness (QED) is 0.655. The van der Waals surface area contributed by atoms with Crippen LogP contribution in [0.25, 0.3) is 11.0 Å². The van der Waals surface area contributed by atoms with Crippen molar-refractivity contribution < 1.29 is 9.53 Å². The number of aromatic nitrogens is 2. The van der Waals surface area contributed by atoms with E-state index in [1.165, 1.54) is 6.42 Å². The fourth-order valence-corrected chi connectivity index (χ4v) is 3.77. The van der Waals surface area contributed by atoms with E-state index in [0.29, 0.717) is 0 Å². The summed E-state index contributed by atoms with van der Waals surface area (Å²) in [5, 5.41) is 3.12. The molecule has 6 heteroatoms. The average Bonchev–Trinajstić information content (AvgIpc) is 2.89.